The number of amides is 2. The Bertz CT molecular complexity index is 991. The van der Waals surface area contributed by atoms with Gasteiger partial charge in [0.25, 0.3) is 5.91 Å². The fourth-order valence-corrected chi connectivity index (χ4v) is 3.67. The molecule has 1 aliphatic heterocycles. The lowest BCUT2D eigenvalue weighted by molar-refractivity contribution is -0.125. The van der Waals surface area contributed by atoms with Crippen molar-refractivity contribution in [2.24, 2.45) is 0 Å². The molecule has 0 spiro atoms. The summed E-state index contributed by atoms with van der Waals surface area (Å²) >= 11 is 0. The molecule has 31 heavy (non-hydrogen) atoms. The first-order chi connectivity index (χ1) is 14.5. The van der Waals surface area contributed by atoms with Gasteiger partial charge in [0.2, 0.25) is 0 Å². The molecule has 0 aromatic heterocycles. The normalized spacial score (nSPS) is 17.9. The van der Waals surface area contributed by atoms with Gasteiger partial charge in [-0.15, -0.1) is 0 Å². The average molecular weight is 425 g/mol. The fourth-order valence-electron chi connectivity index (χ4n) is 3.67. The van der Waals surface area contributed by atoms with Crippen LogP contribution in [0, 0.1) is 5.82 Å². The number of benzene rings is 2. The average Bonchev–Trinajstić information content (AvgIpc) is 2.96. The van der Waals surface area contributed by atoms with E-state index >= 15 is 0 Å². The summed E-state index contributed by atoms with van der Waals surface area (Å²) < 4.78 is 19.6. The van der Waals surface area contributed by atoms with E-state index in [0.717, 1.165) is 11.1 Å². The molecule has 2 amide bonds. The van der Waals surface area contributed by atoms with Crippen molar-refractivity contribution >= 4 is 12.0 Å². The molecule has 1 heterocycles. The van der Waals surface area contributed by atoms with Gasteiger partial charge in [0.15, 0.2) is 0 Å². The van der Waals surface area contributed by atoms with Gasteiger partial charge in [-0.05, 0) is 44.4 Å². The van der Waals surface area contributed by atoms with Crippen molar-refractivity contribution < 1.29 is 18.7 Å². The maximum atomic E-state index is 14.1. The van der Waals surface area contributed by atoms with Gasteiger partial charge in [0, 0.05) is 37.9 Å². The molecule has 1 atom stereocenters. The number of ether oxygens (including phenoxy) is 1. The van der Waals surface area contributed by atoms with Gasteiger partial charge in [-0.2, -0.15) is 0 Å². The zero-order valence-electron chi connectivity index (χ0n) is 18.7. The van der Waals surface area contributed by atoms with Crippen molar-refractivity contribution in [2.45, 2.75) is 45.3 Å². The van der Waals surface area contributed by atoms with Crippen molar-refractivity contribution in [3.63, 3.8) is 0 Å². The number of nitrogens with zero attached hydrogens (tertiary/aromatic N) is 2. The van der Waals surface area contributed by atoms with E-state index in [1.54, 1.807) is 50.1 Å². The smallest absolute Gasteiger partial charge is 0.417 e. The van der Waals surface area contributed by atoms with Crippen LogP contribution in [0.4, 0.5) is 9.18 Å². The van der Waals surface area contributed by atoms with E-state index < -0.39 is 11.7 Å². The van der Waals surface area contributed by atoms with Gasteiger partial charge in [0.1, 0.15) is 11.4 Å². The summed E-state index contributed by atoms with van der Waals surface area (Å²) in [6.45, 7) is 5.33. The van der Waals surface area contributed by atoms with Gasteiger partial charge in [-0.25, -0.2) is 14.1 Å². The van der Waals surface area contributed by atoms with Gasteiger partial charge in [-0.3, -0.25) is 4.79 Å². The van der Waals surface area contributed by atoms with Crippen LogP contribution in [-0.2, 0) is 16.0 Å². The largest absolute Gasteiger partial charge is 0.443 e. The Labute approximate surface area is 183 Å². The summed E-state index contributed by atoms with van der Waals surface area (Å²) in [5.74, 6) is -0.595. The quantitative estimate of drug-likeness (QED) is 0.647. The lowest BCUT2D eigenvalue weighted by Crippen LogP contribution is -2.43. The maximum Gasteiger partial charge on any atom is 0.417 e. The van der Waals surface area contributed by atoms with Crippen molar-refractivity contribution in [3.8, 4) is 11.1 Å². The molecule has 1 aliphatic rings. The highest BCUT2D eigenvalue weighted by Gasteiger charge is 2.41. The van der Waals surface area contributed by atoms with Crippen LogP contribution in [0.25, 0.3) is 11.1 Å². The molecule has 0 aliphatic carbocycles. The molecule has 0 bridgehead atoms. The second kappa shape index (κ2) is 8.92. The van der Waals surface area contributed by atoms with Crippen molar-refractivity contribution in [3.05, 3.63) is 71.7 Å². The van der Waals surface area contributed by atoms with Crippen molar-refractivity contribution in [1.82, 2.24) is 9.80 Å². The molecule has 1 fully saturated rings. The Kier molecular flexibility index (Phi) is 6.48. The van der Waals surface area contributed by atoms with Crippen LogP contribution in [0.3, 0.4) is 0 Å². The number of imide groups is 1. The van der Waals surface area contributed by atoms with Crippen LogP contribution in [0.5, 0.6) is 0 Å². The summed E-state index contributed by atoms with van der Waals surface area (Å²) in [7, 11) is 3.68. The minimum absolute atomic E-state index is 0.272. The SMILES string of the molecule is CN(C)/C=C1/C[C@@H](Cc2ccc(-c3ccccc3F)cc2)N(C(=O)OC(C)(C)C)C1=O. The second-order valence-electron chi connectivity index (χ2n) is 9.01. The highest BCUT2D eigenvalue weighted by Crippen LogP contribution is 2.30. The van der Waals surface area contributed by atoms with Crippen molar-refractivity contribution in [1.29, 1.82) is 0 Å². The maximum absolute atomic E-state index is 14.1. The van der Waals surface area contributed by atoms with Crippen LogP contribution in [0.1, 0.15) is 32.8 Å². The Hall–Kier alpha value is -3.15. The molecule has 0 N–H and O–H groups in total. The third-order valence-corrected chi connectivity index (χ3v) is 4.93. The van der Waals surface area contributed by atoms with Gasteiger partial charge in [0.05, 0.1) is 6.04 Å². The summed E-state index contributed by atoms with van der Waals surface area (Å²) in [5.41, 5.74) is 2.15. The van der Waals surface area contributed by atoms with Gasteiger partial charge in [-0.1, -0.05) is 42.5 Å². The molecule has 6 heteroatoms. The van der Waals surface area contributed by atoms with E-state index in [0.29, 0.717) is 24.0 Å². The van der Waals surface area contributed by atoms with Crippen molar-refractivity contribution in [2.75, 3.05) is 14.1 Å². The van der Waals surface area contributed by atoms with E-state index in [1.807, 2.05) is 38.4 Å². The molecule has 2 aromatic rings. The molecule has 3 rings (SSSR count). The zero-order valence-corrected chi connectivity index (χ0v) is 18.7. The minimum atomic E-state index is -0.697. The summed E-state index contributed by atoms with van der Waals surface area (Å²) in [5, 5.41) is 0. The third kappa shape index (κ3) is 5.51. The molecule has 164 valence electrons. The Morgan fingerprint density at radius 1 is 1.16 bits per heavy atom. The molecule has 0 saturated carbocycles. The van der Waals surface area contributed by atoms with E-state index in [-0.39, 0.29) is 17.8 Å². The topological polar surface area (TPSA) is 49.9 Å². The summed E-state index contributed by atoms with van der Waals surface area (Å²) in [4.78, 5) is 28.7. The first-order valence-electron chi connectivity index (χ1n) is 10.3. The van der Waals surface area contributed by atoms with E-state index in [2.05, 4.69) is 0 Å². The molecule has 1 saturated heterocycles. The Morgan fingerprint density at radius 3 is 2.39 bits per heavy atom. The molecule has 0 unspecified atom stereocenters. The molecular weight excluding hydrogens is 395 g/mol. The number of hydrogen-bond donors (Lipinski definition) is 0. The first-order valence-corrected chi connectivity index (χ1v) is 10.3. The predicted molar refractivity (Wildman–Crippen MR) is 119 cm³/mol. The zero-order chi connectivity index (χ0) is 22.8. The van der Waals surface area contributed by atoms with Crippen LogP contribution in [0.15, 0.2) is 60.3 Å². The lowest BCUT2D eigenvalue weighted by Gasteiger charge is -2.27. The number of hydrogen-bond acceptors (Lipinski definition) is 4. The molecule has 2 aromatic carbocycles. The van der Waals surface area contributed by atoms with E-state index in [4.69, 9.17) is 4.74 Å². The fraction of sp³-hybridized carbons (Fsp3) is 0.360. The van der Waals surface area contributed by atoms with Crippen LogP contribution in [-0.4, -0.2) is 47.5 Å². The summed E-state index contributed by atoms with van der Waals surface area (Å²) in [6.07, 6.45) is 2.06. The number of rotatable bonds is 4. The standard InChI is InChI=1S/C25H29FN2O3/c1-25(2,3)31-24(30)28-20(15-19(23(28)29)16-27(4)5)14-17-10-12-18(13-11-17)21-8-6-7-9-22(21)26/h6-13,16,20H,14-15H2,1-5H3/b19-16-/t20-/m1/s1. The third-order valence-electron chi connectivity index (χ3n) is 4.93. The van der Waals surface area contributed by atoms with Gasteiger partial charge < -0.3 is 9.64 Å². The van der Waals surface area contributed by atoms with E-state index in [9.17, 15) is 14.0 Å². The lowest BCUT2D eigenvalue weighted by atomic mass is 9.99. The predicted octanol–water partition coefficient (Wildman–Crippen LogP) is 5.02. The Balaban J connectivity index is 1.84. The number of likely N-dealkylation sites (tertiary alicyclic amines) is 1. The first kappa shape index (κ1) is 22.5. The van der Waals surface area contributed by atoms with Gasteiger partial charge >= 0.3 is 6.09 Å². The number of carbonyl (C=O) groups excluding carboxylic acids is 2. The summed E-state index contributed by atoms with van der Waals surface area (Å²) in [6, 6.07) is 13.8. The number of carbonyl (C=O) groups is 2. The van der Waals surface area contributed by atoms with Crippen LogP contribution < -0.4 is 0 Å². The highest BCUT2D eigenvalue weighted by molar-refractivity contribution is 6.05. The van der Waals surface area contributed by atoms with Crippen LogP contribution in [0.2, 0.25) is 0 Å². The Morgan fingerprint density at radius 2 is 1.81 bits per heavy atom. The second-order valence-corrected chi connectivity index (χ2v) is 9.01. The monoisotopic (exact) mass is 424 g/mol. The molecule has 0 radical (unpaired) electrons. The molecular formula is C25H29FN2O3. The minimum Gasteiger partial charge on any atom is -0.443 e. The highest BCUT2D eigenvalue weighted by atomic mass is 19.1. The van der Waals surface area contributed by atoms with Crippen LogP contribution >= 0.6 is 0 Å². The number of halogens is 1. The molecule has 5 nitrogen and oxygen atoms in total. The van der Waals surface area contributed by atoms with E-state index in [1.165, 1.54) is 11.0 Å².